The number of ether oxygens (including phenoxy) is 2. The van der Waals surface area contributed by atoms with Gasteiger partial charge in [-0.3, -0.25) is 4.79 Å². The summed E-state index contributed by atoms with van der Waals surface area (Å²) in [5.74, 6) is 1.06. The van der Waals surface area contributed by atoms with Crippen LogP contribution in [0, 0.1) is 0 Å². The van der Waals surface area contributed by atoms with Gasteiger partial charge in [0.05, 0.1) is 49.8 Å². The van der Waals surface area contributed by atoms with Crippen LogP contribution in [0.25, 0.3) is 10.9 Å². The number of carbonyl (C=O) groups excluding carboxylic acids is 1. The lowest BCUT2D eigenvalue weighted by atomic mass is 10.1. The van der Waals surface area contributed by atoms with Gasteiger partial charge < -0.3 is 20.1 Å². The molecule has 178 valence electrons. The second-order valence-corrected chi connectivity index (χ2v) is 8.05. The van der Waals surface area contributed by atoms with Gasteiger partial charge in [-0.2, -0.15) is 5.10 Å². The molecular formula is C24H24N8O3. The number of hydrogen-bond donors (Lipinski definition) is 1. The van der Waals surface area contributed by atoms with E-state index in [0.29, 0.717) is 48.6 Å². The Kier molecular flexibility index (Phi) is 6.15. The Labute approximate surface area is 201 Å². The molecule has 1 amide bonds. The molecule has 1 aliphatic heterocycles. The van der Waals surface area contributed by atoms with Gasteiger partial charge in [-0.25, -0.2) is 19.9 Å². The van der Waals surface area contributed by atoms with Crippen molar-refractivity contribution in [3.63, 3.8) is 0 Å². The van der Waals surface area contributed by atoms with Crippen molar-refractivity contribution in [2.75, 3.05) is 12.3 Å². The molecule has 0 aliphatic carbocycles. The molecule has 4 aromatic rings. The minimum atomic E-state index is -0.451. The second kappa shape index (κ2) is 9.55. The first-order chi connectivity index (χ1) is 17.0. The number of pyridine rings is 2. The molecule has 0 fully saturated rings. The van der Waals surface area contributed by atoms with E-state index in [4.69, 9.17) is 15.2 Å². The highest BCUT2D eigenvalue weighted by Gasteiger charge is 2.28. The van der Waals surface area contributed by atoms with E-state index in [1.807, 2.05) is 13.8 Å². The summed E-state index contributed by atoms with van der Waals surface area (Å²) in [6.07, 6.45) is 4.85. The first-order valence-corrected chi connectivity index (χ1v) is 11.2. The molecule has 1 aliphatic rings. The molecule has 35 heavy (non-hydrogen) atoms. The number of nitrogens with two attached hydrogens (primary N) is 1. The second-order valence-electron chi connectivity index (χ2n) is 8.05. The zero-order valence-electron chi connectivity index (χ0n) is 19.4. The van der Waals surface area contributed by atoms with Crippen molar-refractivity contribution in [1.29, 1.82) is 0 Å². The van der Waals surface area contributed by atoms with Gasteiger partial charge in [-0.15, -0.1) is 5.10 Å². The fraction of sp³-hybridized carbons (Fsp3) is 0.292. The largest absolute Gasteiger partial charge is 0.477 e. The van der Waals surface area contributed by atoms with Crippen LogP contribution in [-0.2, 0) is 24.5 Å². The average molecular weight is 473 g/mol. The van der Waals surface area contributed by atoms with Crippen LogP contribution in [0.4, 0.5) is 5.82 Å². The van der Waals surface area contributed by atoms with E-state index in [1.54, 1.807) is 47.8 Å². The van der Waals surface area contributed by atoms with Crippen molar-refractivity contribution >= 4 is 22.6 Å². The third-order valence-electron chi connectivity index (χ3n) is 5.84. The van der Waals surface area contributed by atoms with Crippen molar-refractivity contribution < 1.29 is 14.3 Å². The Bertz CT molecular complexity index is 1370. The van der Waals surface area contributed by atoms with Crippen molar-refractivity contribution in [3.8, 4) is 5.88 Å². The summed E-state index contributed by atoms with van der Waals surface area (Å²) in [7, 11) is 0. The molecule has 11 nitrogen and oxygen atoms in total. The predicted molar refractivity (Wildman–Crippen MR) is 126 cm³/mol. The minimum absolute atomic E-state index is 0.179. The average Bonchev–Trinajstić information content (AvgIpc) is 3.39. The van der Waals surface area contributed by atoms with Crippen LogP contribution in [0.3, 0.4) is 0 Å². The number of nitrogen functional groups attached to an aromatic ring is 1. The van der Waals surface area contributed by atoms with Gasteiger partial charge in [0.1, 0.15) is 17.3 Å². The normalized spacial score (nSPS) is 13.4. The smallest absolute Gasteiger partial charge is 0.273 e. The molecule has 0 bridgehead atoms. The molecule has 4 aromatic heterocycles. The quantitative estimate of drug-likeness (QED) is 0.426. The molecule has 2 N–H and O–H groups in total. The number of carbonyl (C=O) groups is 1. The summed E-state index contributed by atoms with van der Waals surface area (Å²) < 4.78 is 11.0. The zero-order chi connectivity index (χ0) is 24.4. The van der Waals surface area contributed by atoms with Gasteiger partial charge in [-0.05, 0) is 37.6 Å². The molecule has 0 radical (unpaired) electrons. The molecule has 5 heterocycles. The number of aromatic nitrogens is 6. The van der Waals surface area contributed by atoms with Gasteiger partial charge >= 0.3 is 0 Å². The van der Waals surface area contributed by atoms with Crippen LogP contribution < -0.4 is 10.5 Å². The molecule has 11 heteroatoms. The van der Waals surface area contributed by atoms with Crippen molar-refractivity contribution in [1.82, 2.24) is 35.0 Å². The summed E-state index contributed by atoms with van der Waals surface area (Å²) in [5, 5.41) is 9.11. The van der Waals surface area contributed by atoms with Gasteiger partial charge in [-0.1, -0.05) is 0 Å². The van der Waals surface area contributed by atoms with Crippen molar-refractivity contribution in [3.05, 3.63) is 71.2 Å². The molecule has 1 atom stereocenters. The predicted octanol–water partition coefficient (Wildman–Crippen LogP) is 2.62. The summed E-state index contributed by atoms with van der Waals surface area (Å²) >= 11 is 0. The first-order valence-electron chi connectivity index (χ1n) is 11.2. The van der Waals surface area contributed by atoms with E-state index in [1.165, 1.54) is 0 Å². The molecule has 0 saturated heterocycles. The summed E-state index contributed by atoms with van der Waals surface area (Å²) in [4.78, 5) is 32.9. The monoisotopic (exact) mass is 472 g/mol. The van der Waals surface area contributed by atoms with Gasteiger partial charge in [0.2, 0.25) is 5.88 Å². The highest BCUT2D eigenvalue weighted by atomic mass is 16.5. The maximum absolute atomic E-state index is 13.8. The fourth-order valence-corrected chi connectivity index (χ4v) is 4.02. The van der Waals surface area contributed by atoms with Crippen LogP contribution in [0.1, 0.15) is 53.0 Å². The first kappa shape index (κ1) is 22.5. The number of anilines is 1. The number of hydrogen-bond acceptors (Lipinski definition) is 10. The highest BCUT2D eigenvalue weighted by Crippen LogP contribution is 2.31. The van der Waals surface area contributed by atoms with Crippen molar-refractivity contribution in [2.45, 2.75) is 39.6 Å². The zero-order valence-corrected chi connectivity index (χ0v) is 19.4. The maximum Gasteiger partial charge on any atom is 0.273 e. The van der Waals surface area contributed by atoms with Crippen LogP contribution in [0.5, 0.6) is 5.88 Å². The number of fused-ring (bicyclic) bond motifs is 3. The van der Waals surface area contributed by atoms with Gasteiger partial charge in [0.25, 0.3) is 5.91 Å². The molecule has 0 aromatic carbocycles. The lowest BCUT2D eigenvalue weighted by Gasteiger charge is -2.27. The van der Waals surface area contributed by atoms with Crippen LogP contribution in [-0.4, -0.2) is 47.5 Å². The maximum atomic E-state index is 13.8. The molecular weight excluding hydrogens is 448 g/mol. The van der Waals surface area contributed by atoms with E-state index < -0.39 is 6.04 Å². The molecule has 5 rings (SSSR count). The standard InChI is InChI=1S/C24H24N8O3/c1-3-35-21-6-5-15(30-31-21)11-32(14(2)23-26-7-4-8-27-23)24(33)19-9-16-17-12-34-13-18(17)22(25)29-20(16)10-28-19/h4-10,14H,3,11-13H2,1-2H3,(H2,25,29)/t14-/m1/s1. The molecule has 0 saturated carbocycles. The molecule has 0 spiro atoms. The SMILES string of the molecule is CCOc1ccc(CN(C(=O)c2cc3c4c(c(N)nc3cn2)COC4)[C@H](C)c2ncccn2)nn1. The number of rotatable bonds is 7. The number of amides is 1. The Morgan fingerprint density at radius 1 is 1.17 bits per heavy atom. The topological polar surface area (TPSA) is 142 Å². The third kappa shape index (κ3) is 4.45. The van der Waals surface area contributed by atoms with E-state index >= 15 is 0 Å². The van der Waals surface area contributed by atoms with Crippen LogP contribution >= 0.6 is 0 Å². The lowest BCUT2D eigenvalue weighted by Crippen LogP contribution is -2.35. The Balaban J connectivity index is 1.52. The Hall–Kier alpha value is -4.25. The van der Waals surface area contributed by atoms with E-state index in [9.17, 15) is 4.79 Å². The lowest BCUT2D eigenvalue weighted by molar-refractivity contribution is 0.0657. The van der Waals surface area contributed by atoms with E-state index in [0.717, 1.165) is 16.5 Å². The van der Waals surface area contributed by atoms with E-state index in [-0.39, 0.29) is 18.1 Å². The highest BCUT2D eigenvalue weighted by molar-refractivity contribution is 5.97. The number of nitrogens with zero attached hydrogens (tertiary/aromatic N) is 7. The van der Waals surface area contributed by atoms with E-state index in [2.05, 4.69) is 30.1 Å². The Morgan fingerprint density at radius 3 is 2.71 bits per heavy atom. The minimum Gasteiger partial charge on any atom is -0.477 e. The Morgan fingerprint density at radius 2 is 1.97 bits per heavy atom. The van der Waals surface area contributed by atoms with Crippen molar-refractivity contribution in [2.24, 2.45) is 0 Å². The third-order valence-corrected chi connectivity index (χ3v) is 5.84. The summed E-state index contributed by atoms with van der Waals surface area (Å²) in [6.45, 7) is 5.22. The summed E-state index contributed by atoms with van der Waals surface area (Å²) in [6, 6.07) is 6.53. The summed E-state index contributed by atoms with van der Waals surface area (Å²) in [5.41, 5.74) is 9.34. The molecule has 0 unspecified atom stereocenters. The van der Waals surface area contributed by atoms with Gasteiger partial charge in [0.15, 0.2) is 0 Å². The van der Waals surface area contributed by atoms with Crippen LogP contribution in [0.2, 0.25) is 0 Å². The fourth-order valence-electron chi connectivity index (χ4n) is 4.02. The van der Waals surface area contributed by atoms with Gasteiger partial charge in [0, 0.05) is 29.4 Å². The van der Waals surface area contributed by atoms with Crippen LogP contribution in [0.15, 0.2) is 42.9 Å².